The van der Waals surface area contributed by atoms with E-state index in [9.17, 15) is 9.59 Å². The van der Waals surface area contributed by atoms with Gasteiger partial charge in [0.1, 0.15) is 5.69 Å². The number of carboxylic acids is 1. The van der Waals surface area contributed by atoms with Crippen molar-refractivity contribution in [1.82, 2.24) is 9.88 Å². The van der Waals surface area contributed by atoms with Crippen molar-refractivity contribution in [1.29, 1.82) is 0 Å². The number of aromatic nitrogens is 1. The number of nitrogens with one attached hydrogen (secondary N) is 1. The molecule has 0 radical (unpaired) electrons. The molecule has 1 aliphatic rings. The van der Waals surface area contributed by atoms with E-state index in [2.05, 4.69) is 5.32 Å². The number of nitrogens with zero attached hydrogens (tertiary/aromatic N) is 1. The Balaban J connectivity index is 1.97. The van der Waals surface area contributed by atoms with Crippen LogP contribution in [0.15, 0.2) is 12.3 Å². The second kappa shape index (κ2) is 5.02. The molecule has 18 heavy (non-hydrogen) atoms. The molecule has 2 rings (SSSR count). The van der Waals surface area contributed by atoms with Gasteiger partial charge in [0.15, 0.2) is 0 Å². The Bertz CT molecular complexity index is 484. The van der Waals surface area contributed by atoms with E-state index in [4.69, 9.17) is 16.7 Å². The first-order valence-corrected chi connectivity index (χ1v) is 6.20. The van der Waals surface area contributed by atoms with Gasteiger partial charge in [-0.1, -0.05) is 11.6 Å². The number of carboxylic acid groups (broad SMARTS) is 1. The van der Waals surface area contributed by atoms with Crippen molar-refractivity contribution >= 4 is 23.5 Å². The Kier molecular flexibility index (Phi) is 3.61. The van der Waals surface area contributed by atoms with Gasteiger partial charge in [0.05, 0.1) is 10.9 Å². The molecule has 1 heterocycles. The lowest BCUT2D eigenvalue weighted by Crippen LogP contribution is -2.34. The number of aryl methyl sites for hydroxylation is 1. The van der Waals surface area contributed by atoms with E-state index in [1.54, 1.807) is 23.9 Å². The van der Waals surface area contributed by atoms with Gasteiger partial charge in [-0.2, -0.15) is 0 Å². The second-order valence-electron chi connectivity index (χ2n) is 4.67. The maximum atomic E-state index is 12.0. The molecule has 0 saturated heterocycles. The average molecular weight is 271 g/mol. The summed E-state index contributed by atoms with van der Waals surface area (Å²) in [5.41, 5.74) is 0.485. The number of rotatable bonds is 3. The van der Waals surface area contributed by atoms with E-state index in [0.717, 1.165) is 0 Å². The molecule has 0 unspecified atom stereocenters. The summed E-state index contributed by atoms with van der Waals surface area (Å²) in [4.78, 5) is 22.8. The minimum absolute atomic E-state index is 0.0627. The fourth-order valence-electron chi connectivity index (χ4n) is 2.35. The van der Waals surface area contributed by atoms with E-state index in [-0.39, 0.29) is 17.9 Å². The van der Waals surface area contributed by atoms with E-state index in [0.29, 0.717) is 30.0 Å². The van der Waals surface area contributed by atoms with Gasteiger partial charge in [-0.25, -0.2) is 0 Å². The third-order valence-corrected chi connectivity index (χ3v) is 3.53. The van der Waals surface area contributed by atoms with Crippen molar-refractivity contribution < 1.29 is 14.7 Å². The van der Waals surface area contributed by atoms with Crippen LogP contribution in [0.4, 0.5) is 0 Å². The van der Waals surface area contributed by atoms with Crippen molar-refractivity contribution in [2.45, 2.75) is 25.3 Å². The molecule has 6 heteroatoms. The summed E-state index contributed by atoms with van der Waals surface area (Å²) in [5, 5.41) is 12.3. The van der Waals surface area contributed by atoms with Crippen molar-refractivity contribution in [3.05, 3.63) is 23.0 Å². The van der Waals surface area contributed by atoms with Gasteiger partial charge >= 0.3 is 5.97 Å². The first-order chi connectivity index (χ1) is 8.47. The van der Waals surface area contributed by atoms with E-state index in [1.807, 2.05) is 0 Å². The molecule has 98 valence electrons. The standard InChI is InChI=1S/C12H15ClN2O3/c1-15-6-8(13)5-10(15)11(16)14-9-3-2-7(4-9)12(17)18/h5-7,9H,2-4H2,1H3,(H,14,16)(H,17,18)/t7-,9+/m1/s1. The SMILES string of the molecule is Cn1cc(Cl)cc1C(=O)N[C@H]1CC[C@@H](C(=O)O)C1. The number of carbonyl (C=O) groups is 2. The van der Waals surface area contributed by atoms with Crippen molar-refractivity contribution in [2.75, 3.05) is 0 Å². The summed E-state index contributed by atoms with van der Waals surface area (Å²) in [6, 6.07) is 1.54. The summed E-state index contributed by atoms with van der Waals surface area (Å²) < 4.78 is 1.65. The lowest BCUT2D eigenvalue weighted by Gasteiger charge is -2.12. The molecule has 0 aliphatic heterocycles. The van der Waals surface area contributed by atoms with Gasteiger partial charge in [0.2, 0.25) is 0 Å². The highest BCUT2D eigenvalue weighted by molar-refractivity contribution is 6.31. The highest BCUT2D eigenvalue weighted by Gasteiger charge is 2.30. The summed E-state index contributed by atoms with van der Waals surface area (Å²) in [6.07, 6.45) is 3.49. The second-order valence-corrected chi connectivity index (χ2v) is 5.11. The van der Waals surface area contributed by atoms with Crippen LogP contribution >= 0.6 is 11.6 Å². The number of halogens is 1. The Morgan fingerprint density at radius 1 is 1.50 bits per heavy atom. The van der Waals surface area contributed by atoms with Crippen LogP contribution in [-0.4, -0.2) is 27.6 Å². The number of hydrogen-bond donors (Lipinski definition) is 2. The highest BCUT2D eigenvalue weighted by atomic mass is 35.5. The molecule has 1 amide bonds. The molecule has 1 aromatic rings. The zero-order valence-electron chi connectivity index (χ0n) is 10.0. The number of carbonyl (C=O) groups excluding carboxylic acids is 1. The normalized spacial score (nSPS) is 23.0. The van der Waals surface area contributed by atoms with Crippen LogP contribution in [0.3, 0.4) is 0 Å². The number of aliphatic carboxylic acids is 1. The minimum Gasteiger partial charge on any atom is -0.481 e. The van der Waals surface area contributed by atoms with E-state index in [1.165, 1.54) is 0 Å². The third kappa shape index (κ3) is 2.67. The molecule has 2 N–H and O–H groups in total. The van der Waals surface area contributed by atoms with Crippen LogP contribution in [0, 0.1) is 5.92 Å². The van der Waals surface area contributed by atoms with Gasteiger partial charge in [-0.3, -0.25) is 9.59 Å². The van der Waals surface area contributed by atoms with Crippen LogP contribution in [0.5, 0.6) is 0 Å². The zero-order valence-corrected chi connectivity index (χ0v) is 10.8. The maximum Gasteiger partial charge on any atom is 0.306 e. The molecule has 1 fully saturated rings. The Morgan fingerprint density at radius 2 is 2.22 bits per heavy atom. The first-order valence-electron chi connectivity index (χ1n) is 5.83. The predicted molar refractivity (Wildman–Crippen MR) is 66.7 cm³/mol. The molecule has 5 nitrogen and oxygen atoms in total. The van der Waals surface area contributed by atoms with Crippen molar-refractivity contribution in [3.8, 4) is 0 Å². The summed E-state index contributed by atoms with van der Waals surface area (Å²) >= 11 is 5.81. The molecule has 1 aliphatic carbocycles. The summed E-state index contributed by atoms with van der Waals surface area (Å²) in [7, 11) is 1.75. The van der Waals surface area contributed by atoms with Gasteiger partial charge in [-0.05, 0) is 25.3 Å². The lowest BCUT2D eigenvalue weighted by atomic mass is 10.1. The van der Waals surface area contributed by atoms with Crippen LogP contribution in [0.2, 0.25) is 5.02 Å². The molecule has 1 aromatic heterocycles. The Hall–Kier alpha value is -1.49. The smallest absolute Gasteiger partial charge is 0.306 e. The first kappa shape index (κ1) is 13.0. The van der Waals surface area contributed by atoms with Gasteiger partial charge in [-0.15, -0.1) is 0 Å². The van der Waals surface area contributed by atoms with Crippen LogP contribution < -0.4 is 5.32 Å². The molecule has 2 atom stereocenters. The van der Waals surface area contributed by atoms with Crippen LogP contribution in [0.25, 0.3) is 0 Å². The fraction of sp³-hybridized carbons (Fsp3) is 0.500. The van der Waals surface area contributed by atoms with Crippen molar-refractivity contribution in [2.24, 2.45) is 13.0 Å². The van der Waals surface area contributed by atoms with Crippen LogP contribution in [-0.2, 0) is 11.8 Å². The lowest BCUT2D eigenvalue weighted by molar-refractivity contribution is -0.141. The molecular weight excluding hydrogens is 256 g/mol. The molecule has 0 spiro atoms. The fourth-order valence-corrected chi connectivity index (χ4v) is 2.60. The largest absolute Gasteiger partial charge is 0.481 e. The highest BCUT2D eigenvalue weighted by Crippen LogP contribution is 2.26. The van der Waals surface area contributed by atoms with E-state index < -0.39 is 5.97 Å². The summed E-state index contributed by atoms with van der Waals surface area (Å²) in [6.45, 7) is 0. The molecule has 0 bridgehead atoms. The quantitative estimate of drug-likeness (QED) is 0.877. The Morgan fingerprint density at radius 3 is 2.72 bits per heavy atom. The number of hydrogen-bond acceptors (Lipinski definition) is 2. The minimum atomic E-state index is -0.784. The van der Waals surface area contributed by atoms with Gasteiger partial charge < -0.3 is 15.0 Å². The zero-order chi connectivity index (χ0) is 13.3. The maximum absolute atomic E-state index is 12.0. The predicted octanol–water partition coefficient (Wildman–Crippen LogP) is 1.66. The molecule has 1 saturated carbocycles. The monoisotopic (exact) mass is 270 g/mol. The third-order valence-electron chi connectivity index (χ3n) is 3.32. The summed E-state index contributed by atoms with van der Waals surface area (Å²) in [5.74, 6) is -1.33. The molecular formula is C12H15ClN2O3. The number of amides is 1. The topological polar surface area (TPSA) is 71.3 Å². The van der Waals surface area contributed by atoms with Crippen LogP contribution in [0.1, 0.15) is 29.8 Å². The Labute approximate surface area is 110 Å². The van der Waals surface area contributed by atoms with Gasteiger partial charge in [0, 0.05) is 19.3 Å². The van der Waals surface area contributed by atoms with Crippen molar-refractivity contribution in [3.63, 3.8) is 0 Å². The van der Waals surface area contributed by atoms with Gasteiger partial charge in [0.25, 0.3) is 5.91 Å². The average Bonchev–Trinajstić information content (AvgIpc) is 2.85. The van der Waals surface area contributed by atoms with E-state index >= 15 is 0 Å². The molecule has 0 aromatic carbocycles.